The Bertz CT molecular complexity index is 918. The van der Waals surface area contributed by atoms with Crippen molar-refractivity contribution in [2.75, 3.05) is 26.6 Å². The number of amides is 2. The highest BCUT2D eigenvalue weighted by molar-refractivity contribution is 6.45. The lowest BCUT2D eigenvalue weighted by Crippen LogP contribution is -2.32. The van der Waals surface area contributed by atoms with Gasteiger partial charge in [-0.05, 0) is 24.3 Å². The first kappa shape index (κ1) is 21.3. The number of hydrazone groups is 1. The van der Waals surface area contributed by atoms with Crippen molar-refractivity contribution < 1.29 is 23.8 Å². The summed E-state index contributed by atoms with van der Waals surface area (Å²) in [4.78, 5) is 23.9. The molecule has 28 heavy (non-hydrogen) atoms. The van der Waals surface area contributed by atoms with E-state index in [4.69, 9.17) is 37.4 Å². The van der Waals surface area contributed by atoms with Crippen molar-refractivity contribution in [3.8, 4) is 17.2 Å². The third-order valence-corrected chi connectivity index (χ3v) is 4.33. The Hall–Kier alpha value is -2.97. The zero-order chi connectivity index (χ0) is 20.7. The lowest BCUT2D eigenvalue weighted by molar-refractivity contribution is -0.136. The molecule has 8 nitrogen and oxygen atoms in total. The van der Waals surface area contributed by atoms with Gasteiger partial charge in [0.15, 0.2) is 11.5 Å². The van der Waals surface area contributed by atoms with Crippen LogP contribution in [0.25, 0.3) is 0 Å². The zero-order valence-electron chi connectivity index (χ0n) is 15.2. The van der Waals surface area contributed by atoms with Gasteiger partial charge in [0.25, 0.3) is 0 Å². The van der Waals surface area contributed by atoms with Crippen molar-refractivity contribution in [2.24, 2.45) is 5.10 Å². The van der Waals surface area contributed by atoms with E-state index in [1.165, 1.54) is 33.6 Å². The molecular weight excluding hydrogens is 409 g/mol. The molecule has 0 aliphatic rings. The molecule has 2 aromatic carbocycles. The molecule has 0 aliphatic heterocycles. The summed E-state index contributed by atoms with van der Waals surface area (Å²) in [7, 11) is 4.42. The highest BCUT2D eigenvalue weighted by Gasteiger charge is 2.17. The molecule has 148 valence electrons. The Balaban J connectivity index is 2.09. The first-order valence-electron chi connectivity index (χ1n) is 7.80. The van der Waals surface area contributed by atoms with Crippen LogP contribution in [0.1, 0.15) is 5.56 Å². The number of ether oxygens (including phenoxy) is 3. The minimum absolute atomic E-state index is 0.129. The van der Waals surface area contributed by atoms with Crippen molar-refractivity contribution in [2.45, 2.75) is 0 Å². The van der Waals surface area contributed by atoms with Gasteiger partial charge in [0.05, 0.1) is 43.3 Å². The van der Waals surface area contributed by atoms with Crippen LogP contribution in [0.4, 0.5) is 5.69 Å². The van der Waals surface area contributed by atoms with Gasteiger partial charge in [-0.15, -0.1) is 0 Å². The van der Waals surface area contributed by atoms with E-state index in [9.17, 15) is 9.59 Å². The Morgan fingerprint density at radius 3 is 2.32 bits per heavy atom. The Morgan fingerprint density at radius 2 is 1.68 bits per heavy atom. The van der Waals surface area contributed by atoms with E-state index in [0.717, 1.165) is 0 Å². The fourth-order valence-corrected chi connectivity index (χ4v) is 2.56. The number of halogens is 2. The van der Waals surface area contributed by atoms with Crippen molar-refractivity contribution in [3.63, 3.8) is 0 Å². The number of nitrogens with zero attached hydrogens (tertiary/aromatic N) is 1. The van der Waals surface area contributed by atoms with Gasteiger partial charge in [0, 0.05) is 5.56 Å². The maximum atomic E-state index is 12.0. The molecule has 0 radical (unpaired) electrons. The second-order valence-corrected chi connectivity index (χ2v) is 5.96. The average Bonchev–Trinajstić information content (AvgIpc) is 2.70. The van der Waals surface area contributed by atoms with Crippen molar-refractivity contribution in [1.82, 2.24) is 5.43 Å². The molecular formula is C18H17Cl2N3O5. The van der Waals surface area contributed by atoms with E-state index in [0.29, 0.717) is 22.8 Å². The summed E-state index contributed by atoms with van der Waals surface area (Å²) in [5.74, 6) is -0.755. The van der Waals surface area contributed by atoms with E-state index in [-0.39, 0.29) is 15.7 Å². The van der Waals surface area contributed by atoms with E-state index < -0.39 is 11.8 Å². The van der Waals surface area contributed by atoms with Crippen LogP contribution in [0.15, 0.2) is 35.4 Å². The van der Waals surface area contributed by atoms with Gasteiger partial charge in [0.2, 0.25) is 5.75 Å². The molecule has 0 fully saturated rings. The summed E-state index contributed by atoms with van der Waals surface area (Å²) < 4.78 is 15.8. The number of carbonyl (C=O) groups excluding carboxylic acids is 2. The van der Waals surface area contributed by atoms with Crippen LogP contribution in [0.5, 0.6) is 17.2 Å². The molecule has 0 unspecified atom stereocenters. The van der Waals surface area contributed by atoms with Gasteiger partial charge in [0.1, 0.15) is 0 Å². The number of nitrogens with one attached hydrogen (secondary N) is 2. The summed E-state index contributed by atoms with van der Waals surface area (Å²) in [5, 5.41) is 6.49. The third-order valence-electron chi connectivity index (χ3n) is 3.51. The molecule has 2 aromatic rings. The predicted octanol–water partition coefficient (Wildman–Crippen LogP) is 3.11. The number of anilines is 1. The Labute approximate surface area is 171 Å². The molecule has 2 amide bonds. The van der Waals surface area contributed by atoms with Gasteiger partial charge < -0.3 is 19.5 Å². The average molecular weight is 426 g/mol. The Morgan fingerprint density at radius 1 is 0.964 bits per heavy atom. The second-order valence-electron chi connectivity index (χ2n) is 5.18. The monoisotopic (exact) mass is 425 g/mol. The number of rotatable bonds is 6. The van der Waals surface area contributed by atoms with Crippen LogP contribution in [0.3, 0.4) is 0 Å². The Kier molecular flexibility index (Phi) is 7.48. The molecule has 0 atom stereocenters. The van der Waals surface area contributed by atoms with Crippen LogP contribution in [-0.4, -0.2) is 39.4 Å². The molecule has 2 rings (SSSR count). The highest BCUT2D eigenvalue weighted by Crippen LogP contribution is 2.39. The smallest absolute Gasteiger partial charge is 0.329 e. The minimum atomic E-state index is -0.994. The van der Waals surface area contributed by atoms with Crippen molar-refractivity contribution in [3.05, 3.63) is 45.9 Å². The number of hydrogen-bond acceptors (Lipinski definition) is 6. The lowest BCUT2D eigenvalue weighted by Gasteiger charge is -2.13. The molecule has 10 heteroatoms. The second kappa shape index (κ2) is 9.82. The minimum Gasteiger partial charge on any atom is -0.493 e. The molecule has 0 spiro atoms. The summed E-state index contributed by atoms with van der Waals surface area (Å²) in [5.41, 5.74) is 2.82. The standard InChI is InChI=1S/C18H17Cl2N3O5/c1-26-13-8-7-10(15(27-2)16(13)28-3)9-21-23-18(25)17(24)22-12-6-4-5-11(19)14(12)20/h4-9H,1-3H3,(H,22,24)(H,23,25)/b21-9-. The maximum Gasteiger partial charge on any atom is 0.329 e. The van der Waals surface area contributed by atoms with Crippen molar-refractivity contribution in [1.29, 1.82) is 0 Å². The summed E-state index contributed by atoms with van der Waals surface area (Å²) in [6.07, 6.45) is 1.30. The highest BCUT2D eigenvalue weighted by atomic mass is 35.5. The van der Waals surface area contributed by atoms with Crippen LogP contribution in [0, 0.1) is 0 Å². The normalized spacial score (nSPS) is 10.5. The lowest BCUT2D eigenvalue weighted by atomic mass is 10.2. The fraction of sp³-hybridized carbons (Fsp3) is 0.167. The van der Waals surface area contributed by atoms with Gasteiger partial charge in [-0.25, -0.2) is 5.43 Å². The molecule has 0 saturated carbocycles. The summed E-state index contributed by atoms with van der Waals surface area (Å²) in [6.45, 7) is 0. The summed E-state index contributed by atoms with van der Waals surface area (Å²) >= 11 is 11.8. The van der Waals surface area contributed by atoms with Gasteiger partial charge in [-0.2, -0.15) is 5.10 Å². The van der Waals surface area contributed by atoms with Gasteiger partial charge in [-0.1, -0.05) is 29.3 Å². The van der Waals surface area contributed by atoms with Gasteiger partial charge in [-0.3, -0.25) is 9.59 Å². The largest absolute Gasteiger partial charge is 0.493 e. The molecule has 0 heterocycles. The summed E-state index contributed by atoms with van der Waals surface area (Å²) in [6, 6.07) is 7.96. The van der Waals surface area contributed by atoms with E-state index >= 15 is 0 Å². The SMILES string of the molecule is COc1ccc(/C=N\NC(=O)C(=O)Nc2cccc(Cl)c2Cl)c(OC)c1OC. The first-order chi connectivity index (χ1) is 13.4. The van der Waals surface area contributed by atoms with E-state index in [1.807, 2.05) is 0 Å². The number of carbonyl (C=O) groups is 2. The number of hydrogen-bond donors (Lipinski definition) is 2. The molecule has 0 aliphatic carbocycles. The molecule has 0 bridgehead atoms. The van der Waals surface area contributed by atoms with Crippen LogP contribution >= 0.6 is 23.2 Å². The topological polar surface area (TPSA) is 98.2 Å². The number of methoxy groups -OCH3 is 3. The number of benzene rings is 2. The van der Waals surface area contributed by atoms with Crippen LogP contribution < -0.4 is 25.0 Å². The van der Waals surface area contributed by atoms with Gasteiger partial charge >= 0.3 is 11.8 Å². The quantitative estimate of drug-likeness (QED) is 0.420. The third kappa shape index (κ3) is 4.85. The fourth-order valence-electron chi connectivity index (χ4n) is 2.22. The molecule has 2 N–H and O–H groups in total. The maximum absolute atomic E-state index is 12.0. The van der Waals surface area contributed by atoms with Crippen LogP contribution in [0.2, 0.25) is 10.0 Å². The van der Waals surface area contributed by atoms with Crippen LogP contribution in [-0.2, 0) is 9.59 Å². The first-order valence-corrected chi connectivity index (χ1v) is 8.55. The van der Waals surface area contributed by atoms with Crippen molar-refractivity contribution >= 4 is 46.9 Å². The predicted molar refractivity (Wildman–Crippen MR) is 107 cm³/mol. The zero-order valence-corrected chi connectivity index (χ0v) is 16.7. The van der Waals surface area contributed by atoms with E-state index in [1.54, 1.807) is 24.3 Å². The molecule has 0 aromatic heterocycles. The molecule has 0 saturated heterocycles. The van der Waals surface area contributed by atoms with E-state index in [2.05, 4.69) is 15.8 Å².